The van der Waals surface area contributed by atoms with Gasteiger partial charge in [0.2, 0.25) is 5.91 Å². The van der Waals surface area contributed by atoms with Gasteiger partial charge in [-0.1, -0.05) is 0 Å². The molecule has 0 bridgehead atoms. The molecule has 1 amide bonds. The van der Waals surface area contributed by atoms with Crippen molar-refractivity contribution in [2.24, 2.45) is 0 Å². The SMILES string of the molecule is COCC(=O)NCc1cc2n(n1)CCCN(Cc1cnn(C(C)C)c1)C2. The van der Waals surface area contributed by atoms with E-state index >= 15 is 0 Å². The molecule has 3 rings (SSSR count). The second-order valence-electron chi connectivity index (χ2n) is 7.05. The molecule has 0 fully saturated rings. The van der Waals surface area contributed by atoms with Crippen molar-refractivity contribution in [3.63, 3.8) is 0 Å². The topological polar surface area (TPSA) is 77.2 Å². The summed E-state index contributed by atoms with van der Waals surface area (Å²) in [5, 5.41) is 11.9. The number of aryl methyl sites for hydroxylation is 1. The van der Waals surface area contributed by atoms with Gasteiger partial charge < -0.3 is 10.1 Å². The Labute approximate surface area is 154 Å². The second-order valence-corrected chi connectivity index (χ2v) is 7.05. The maximum absolute atomic E-state index is 11.5. The van der Waals surface area contributed by atoms with Crippen LogP contribution in [0, 0.1) is 0 Å². The standard InChI is InChI=1S/C18H28N6O2/c1-14(2)24-11-15(8-20-24)10-22-5-4-6-23-17(12-22)7-16(21-23)9-19-18(25)13-26-3/h7-8,11,14H,4-6,9-10,12-13H2,1-3H3,(H,19,25). The van der Waals surface area contributed by atoms with Gasteiger partial charge in [0.25, 0.3) is 0 Å². The van der Waals surface area contributed by atoms with E-state index in [0.29, 0.717) is 12.6 Å². The molecule has 0 aromatic carbocycles. The first-order valence-corrected chi connectivity index (χ1v) is 9.11. The predicted molar refractivity (Wildman–Crippen MR) is 97.3 cm³/mol. The summed E-state index contributed by atoms with van der Waals surface area (Å²) in [4.78, 5) is 14.0. The third kappa shape index (κ3) is 4.70. The number of fused-ring (bicyclic) bond motifs is 1. The molecule has 0 radical (unpaired) electrons. The molecule has 0 saturated carbocycles. The van der Waals surface area contributed by atoms with Crippen LogP contribution in [-0.4, -0.2) is 50.6 Å². The van der Waals surface area contributed by atoms with E-state index in [-0.39, 0.29) is 12.5 Å². The highest BCUT2D eigenvalue weighted by molar-refractivity contribution is 5.77. The van der Waals surface area contributed by atoms with E-state index in [0.717, 1.165) is 38.3 Å². The molecule has 1 aliphatic rings. The summed E-state index contributed by atoms with van der Waals surface area (Å²) < 4.78 is 8.89. The lowest BCUT2D eigenvalue weighted by atomic mass is 10.2. The Kier molecular flexibility index (Phi) is 6.05. The lowest BCUT2D eigenvalue weighted by Gasteiger charge is -2.18. The Morgan fingerprint density at radius 1 is 1.38 bits per heavy atom. The van der Waals surface area contributed by atoms with Crippen LogP contribution < -0.4 is 5.32 Å². The molecule has 0 unspecified atom stereocenters. The Morgan fingerprint density at radius 2 is 2.23 bits per heavy atom. The van der Waals surface area contributed by atoms with Crippen LogP contribution >= 0.6 is 0 Å². The Balaban J connectivity index is 1.61. The lowest BCUT2D eigenvalue weighted by molar-refractivity contribution is -0.124. The average molecular weight is 360 g/mol. The smallest absolute Gasteiger partial charge is 0.246 e. The van der Waals surface area contributed by atoms with Crippen molar-refractivity contribution in [1.82, 2.24) is 29.8 Å². The van der Waals surface area contributed by atoms with Crippen LogP contribution in [0.15, 0.2) is 18.5 Å². The highest BCUT2D eigenvalue weighted by atomic mass is 16.5. The number of carbonyl (C=O) groups is 1. The molecule has 2 aromatic heterocycles. The summed E-state index contributed by atoms with van der Waals surface area (Å²) in [5.41, 5.74) is 3.31. The molecule has 3 heterocycles. The number of aromatic nitrogens is 4. The summed E-state index contributed by atoms with van der Waals surface area (Å²) in [5.74, 6) is -0.125. The first-order chi connectivity index (χ1) is 12.5. The van der Waals surface area contributed by atoms with Crippen LogP contribution in [0.3, 0.4) is 0 Å². The van der Waals surface area contributed by atoms with E-state index in [1.54, 1.807) is 0 Å². The molecule has 0 atom stereocenters. The van der Waals surface area contributed by atoms with Crippen molar-refractivity contribution < 1.29 is 9.53 Å². The molecule has 8 nitrogen and oxygen atoms in total. The number of methoxy groups -OCH3 is 1. The number of amides is 1. The van der Waals surface area contributed by atoms with Crippen molar-refractivity contribution in [3.05, 3.63) is 35.4 Å². The van der Waals surface area contributed by atoms with Gasteiger partial charge in [0, 0.05) is 51.1 Å². The van der Waals surface area contributed by atoms with Gasteiger partial charge in [-0.25, -0.2) is 0 Å². The minimum absolute atomic E-state index is 0.0748. The monoisotopic (exact) mass is 360 g/mol. The first-order valence-electron chi connectivity index (χ1n) is 9.11. The van der Waals surface area contributed by atoms with Gasteiger partial charge in [-0.2, -0.15) is 10.2 Å². The minimum atomic E-state index is -0.125. The third-order valence-corrected chi connectivity index (χ3v) is 4.48. The molecule has 0 aliphatic carbocycles. The fourth-order valence-corrected chi connectivity index (χ4v) is 3.18. The fraction of sp³-hybridized carbons (Fsp3) is 0.611. The van der Waals surface area contributed by atoms with Crippen molar-refractivity contribution in [1.29, 1.82) is 0 Å². The second kappa shape index (κ2) is 8.46. The minimum Gasteiger partial charge on any atom is -0.375 e. The van der Waals surface area contributed by atoms with E-state index < -0.39 is 0 Å². The third-order valence-electron chi connectivity index (χ3n) is 4.48. The fourth-order valence-electron chi connectivity index (χ4n) is 3.18. The highest BCUT2D eigenvalue weighted by Gasteiger charge is 2.18. The molecule has 2 aromatic rings. The van der Waals surface area contributed by atoms with Crippen LogP contribution in [0.2, 0.25) is 0 Å². The normalized spacial score (nSPS) is 15.1. The van der Waals surface area contributed by atoms with E-state index in [2.05, 4.69) is 51.2 Å². The van der Waals surface area contributed by atoms with Crippen LogP contribution in [0.4, 0.5) is 0 Å². The molecule has 1 aliphatic heterocycles. The van der Waals surface area contributed by atoms with Gasteiger partial charge in [-0.05, 0) is 26.3 Å². The molecule has 0 saturated heterocycles. The molecule has 142 valence electrons. The summed E-state index contributed by atoms with van der Waals surface area (Å²) in [6.45, 7) is 8.46. The van der Waals surface area contributed by atoms with Crippen LogP contribution in [0.25, 0.3) is 0 Å². The van der Waals surface area contributed by atoms with E-state index in [4.69, 9.17) is 4.74 Å². The maximum atomic E-state index is 11.5. The van der Waals surface area contributed by atoms with Crippen molar-refractivity contribution in [2.45, 2.75) is 52.5 Å². The van der Waals surface area contributed by atoms with Crippen molar-refractivity contribution >= 4 is 5.91 Å². The number of nitrogens with one attached hydrogen (secondary N) is 1. The summed E-state index contributed by atoms with van der Waals surface area (Å²) in [6, 6.07) is 2.47. The molecule has 26 heavy (non-hydrogen) atoms. The molecule has 8 heteroatoms. The summed E-state index contributed by atoms with van der Waals surface area (Å²) in [7, 11) is 1.51. The largest absolute Gasteiger partial charge is 0.375 e. The van der Waals surface area contributed by atoms with E-state index in [1.165, 1.54) is 18.4 Å². The summed E-state index contributed by atoms with van der Waals surface area (Å²) in [6.07, 6.45) is 5.14. The van der Waals surface area contributed by atoms with Gasteiger partial charge >= 0.3 is 0 Å². The number of rotatable bonds is 7. The number of hydrogen-bond donors (Lipinski definition) is 1. The Morgan fingerprint density at radius 3 is 2.96 bits per heavy atom. The quantitative estimate of drug-likeness (QED) is 0.806. The van der Waals surface area contributed by atoms with Crippen LogP contribution in [0.1, 0.15) is 43.3 Å². The Bertz CT molecular complexity index is 736. The highest BCUT2D eigenvalue weighted by Crippen LogP contribution is 2.17. The molecule has 1 N–H and O–H groups in total. The zero-order valence-electron chi connectivity index (χ0n) is 15.8. The van der Waals surface area contributed by atoms with Gasteiger partial charge in [-0.15, -0.1) is 0 Å². The molecular formula is C18H28N6O2. The first kappa shape index (κ1) is 18.6. The molecular weight excluding hydrogens is 332 g/mol. The lowest BCUT2D eigenvalue weighted by Crippen LogP contribution is -2.26. The predicted octanol–water partition coefficient (Wildman–Crippen LogP) is 1.33. The maximum Gasteiger partial charge on any atom is 0.246 e. The van der Waals surface area contributed by atoms with Gasteiger partial charge in [0.1, 0.15) is 6.61 Å². The van der Waals surface area contributed by atoms with Gasteiger partial charge in [0.05, 0.1) is 24.1 Å². The average Bonchev–Trinajstić information content (AvgIpc) is 3.17. The van der Waals surface area contributed by atoms with Crippen molar-refractivity contribution in [2.75, 3.05) is 20.3 Å². The van der Waals surface area contributed by atoms with Crippen LogP contribution in [0.5, 0.6) is 0 Å². The number of hydrogen-bond acceptors (Lipinski definition) is 5. The van der Waals surface area contributed by atoms with E-state index in [1.807, 2.05) is 10.9 Å². The van der Waals surface area contributed by atoms with Gasteiger partial charge in [-0.3, -0.25) is 19.1 Å². The number of nitrogens with zero attached hydrogens (tertiary/aromatic N) is 5. The van der Waals surface area contributed by atoms with Crippen molar-refractivity contribution in [3.8, 4) is 0 Å². The molecule has 0 spiro atoms. The zero-order chi connectivity index (χ0) is 18.5. The summed E-state index contributed by atoms with van der Waals surface area (Å²) >= 11 is 0. The number of ether oxygens (including phenoxy) is 1. The Hall–Kier alpha value is -2.19. The van der Waals surface area contributed by atoms with Crippen LogP contribution in [-0.2, 0) is 35.7 Å². The van der Waals surface area contributed by atoms with E-state index in [9.17, 15) is 4.79 Å². The van der Waals surface area contributed by atoms with Gasteiger partial charge in [0.15, 0.2) is 0 Å². The number of carbonyl (C=O) groups excluding carboxylic acids is 1. The zero-order valence-corrected chi connectivity index (χ0v) is 15.8.